The second-order valence-corrected chi connectivity index (χ2v) is 4.42. The van der Waals surface area contributed by atoms with Gasteiger partial charge in [-0.05, 0) is 24.3 Å². The number of anilines is 1. The zero-order chi connectivity index (χ0) is 13.9. The van der Waals surface area contributed by atoms with E-state index in [9.17, 15) is 4.79 Å². The SMILES string of the molecule is NCCC(=O)NNc1nc2ccccc2n2cccc12. The molecule has 0 fully saturated rings. The number of carbonyl (C=O) groups is 1. The van der Waals surface area contributed by atoms with Crippen LogP contribution in [0, 0.1) is 0 Å². The molecule has 0 bridgehead atoms. The smallest absolute Gasteiger partial charge is 0.239 e. The number of carbonyl (C=O) groups excluding carboxylic acids is 1. The molecule has 0 unspecified atom stereocenters. The Morgan fingerprint density at radius 2 is 2.00 bits per heavy atom. The van der Waals surface area contributed by atoms with Gasteiger partial charge < -0.3 is 10.1 Å². The Kier molecular flexibility index (Phi) is 3.22. The van der Waals surface area contributed by atoms with Gasteiger partial charge in [0.05, 0.1) is 16.6 Å². The first-order chi connectivity index (χ1) is 9.79. The summed E-state index contributed by atoms with van der Waals surface area (Å²) >= 11 is 0. The van der Waals surface area contributed by atoms with Crippen LogP contribution in [0.2, 0.25) is 0 Å². The maximum absolute atomic E-state index is 11.5. The van der Waals surface area contributed by atoms with E-state index in [1.165, 1.54) is 0 Å². The number of para-hydroxylation sites is 2. The van der Waals surface area contributed by atoms with Crippen LogP contribution in [0.1, 0.15) is 6.42 Å². The average molecular weight is 269 g/mol. The number of hydrazine groups is 1. The predicted octanol–water partition coefficient (Wildman–Crippen LogP) is 1.28. The molecule has 0 saturated heterocycles. The zero-order valence-corrected chi connectivity index (χ0v) is 10.8. The molecule has 6 heteroatoms. The Morgan fingerprint density at radius 3 is 2.85 bits per heavy atom. The molecule has 1 aromatic carbocycles. The highest BCUT2D eigenvalue weighted by molar-refractivity contribution is 5.85. The topological polar surface area (TPSA) is 84.5 Å². The minimum absolute atomic E-state index is 0.160. The molecule has 4 N–H and O–H groups in total. The summed E-state index contributed by atoms with van der Waals surface area (Å²) in [6.45, 7) is 0.319. The van der Waals surface area contributed by atoms with Crippen molar-refractivity contribution in [1.82, 2.24) is 14.8 Å². The first kappa shape index (κ1) is 12.4. The van der Waals surface area contributed by atoms with Gasteiger partial charge in [-0.3, -0.25) is 15.6 Å². The summed E-state index contributed by atoms with van der Waals surface area (Å²) in [5, 5.41) is 0. The van der Waals surface area contributed by atoms with E-state index in [4.69, 9.17) is 5.73 Å². The third-order valence-electron chi connectivity index (χ3n) is 3.06. The first-order valence-electron chi connectivity index (χ1n) is 6.40. The van der Waals surface area contributed by atoms with Crippen LogP contribution in [-0.4, -0.2) is 21.8 Å². The number of amides is 1. The van der Waals surface area contributed by atoms with E-state index in [2.05, 4.69) is 15.8 Å². The summed E-state index contributed by atoms with van der Waals surface area (Å²) in [4.78, 5) is 16.0. The van der Waals surface area contributed by atoms with Gasteiger partial charge in [-0.1, -0.05) is 12.1 Å². The van der Waals surface area contributed by atoms with Gasteiger partial charge in [-0.25, -0.2) is 4.98 Å². The molecular weight excluding hydrogens is 254 g/mol. The third kappa shape index (κ3) is 2.17. The molecule has 102 valence electrons. The van der Waals surface area contributed by atoms with Crippen LogP contribution >= 0.6 is 0 Å². The summed E-state index contributed by atoms with van der Waals surface area (Å²) in [5.74, 6) is 0.450. The van der Waals surface area contributed by atoms with Crippen molar-refractivity contribution in [2.45, 2.75) is 6.42 Å². The van der Waals surface area contributed by atoms with E-state index < -0.39 is 0 Å². The number of hydrogen-bond acceptors (Lipinski definition) is 4. The lowest BCUT2D eigenvalue weighted by Crippen LogP contribution is -2.31. The van der Waals surface area contributed by atoms with Crippen LogP contribution in [0.15, 0.2) is 42.6 Å². The van der Waals surface area contributed by atoms with E-state index in [0.29, 0.717) is 12.4 Å². The van der Waals surface area contributed by atoms with E-state index in [1.54, 1.807) is 0 Å². The van der Waals surface area contributed by atoms with Crippen molar-refractivity contribution in [2.24, 2.45) is 5.73 Å². The van der Waals surface area contributed by atoms with Crippen LogP contribution < -0.4 is 16.6 Å². The number of benzene rings is 1. The van der Waals surface area contributed by atoms with Crippen molar-refractivity contribution in [3.63, 3.8) is 0 Å². The van der Waals surface area contributed by atoms with Gasteiger partial charge in [-0.2, -0.15) is 0 Å². The van der Waals surface area contributed by atoms with Gasteiger partial charge >= 0.3 is 0 Å². The van der Waals surface area contributed by atoms with Gasteiger partial charge in [0.15, 0.2) is 5.82 Å². The monoisotopic (exact) mass is 269 g/mol. The number of nitrogens with two attached hydrogens (primary N) is 1. The number of aromatic nitrogens is 2. The van der Waals surface area contributed by atoms with Crippen molar-refractivity contribution < 1.29 is 4.79 Å². The predicted molar refractivity (Wildman–Crippen MR) is 78.1 cm³/mol. The Bertz CT molecular complexity index is 764. The minimum Gasteiger partial charge on any atom is -0.330 e. The molecular formula is C14H15N5O. The molecule has 6 nitrogen and oxygen atoms in total. The summed E-state index contributed by atoms with van der Waals surface area (Å²) in [7, 11) is 0. The molecule has 0 aliphatic heterocycles. The van der Waals surface area contributed by atoms with E-state index in [0.717, 1.165) is 16.6 Å². The molecule has 0 saturated carbocycles. The molecule has 1 amide bonds. The van der Waals surface area contributed by atoms with Gasteiger partial charge in [0, 0.05) is 19.2 Å². The van der Waals surface area contributed by atoms with Crippen molar-refractivity contribution in [1.29, 1.82) is 0 Å². The number of nitrogens with zero attached hydrogens (tertiary/aromatic N) is 2. The molecule has 0 aliphatic carbocycles. The van der Waals surface area contributed by atoms with E-state index in [1.807, 2.05) is 47.0 Å². The van der Waals surface area contributed by atoms with Crippen LogP contribution in [0.3, 0.4) is 0 Å². The highest BCUT2D eigenvalue weighted by Crippen LogP contribution is 2.21. The molecule has 2 heterocycles. The lowest BCUT2D eigenvalue weighted by atomic mass is 10.3. The summed E-state index contributed by atoms with van der Waals surface area (Å²) in [6, 6.07) is 11.7. The maximum atomic E-state index is 11.5. The number of nitrogens with one attached hydrogen (secondary N) is 2. The standard InChI is InChI=1S/C14H15N5O/c15-8-7-13(20)17-18-14-12-6-3-9-19(12)11-5-2-1-4-10(11)16-14/h1-6,9H,7-8,15H2,(H,16,18)(H,17,20). The highest BCUT2D eigenvalue weighted by atomic mass is 16.2. The molecule has 20 heavy (non-hydrogen) atoms. The van der Waals surface area contributed by atoms with Crippen LogP contribution in [0.4, 0.5) is 5.82 Å². The molecule has 3 rings (SSSR count). The Hall–Kier alpha value is -2.60. The molecule has 0 spiro atoms. The quantitative estimate of drug-likeness (QED) is 0.623. The van der Waals surface area contributed by atoms with E-state index >= 15 is 0 Å². The van der Waals surface area contributed by atoms with Crippen molar-refractivity contribution in [2.75, 3.05) is 12.0 Å². The molecule has 0 radical (unpaired) electrons. The fourth-order valence-electron chi connectivity index (χ4n) is 2.14. The van der Waals surface area contributed by atoms with Crippen LogP contribution in [0.25, 0.3) is 16.6 Å². The van der Waals surface area contributed by atoms with E-state index in [-0.39, 0.29) is 12.3 Å². The fraction of sp³-hybridized carbons (Fsp3) is 0.143. The molecule has 2 aromatic heterocycles. The molecule has 0 aliphatic rings. The normalized spacial score (nSPS) is 10.8. The first-order valence-corrected chi connectivity index (χ1v) is 6.40. The molecule has 3 aromatic rings. The maximum Gasteiger partial charge on any atom is 0.239 e. The average Bonchev–Trinajstić information content (AvgIpc) is 2.95. The summed E-state index contributed by atoms with van der Waals surface area (Å²) in [5.41, 5.74) is 13.6. The van der Waals surface area contributed by atoms with Gasteiger partial charge in [0.1, 0.15) is 0 Å². The minimum atomic E-state index is -0.160. The molecule has 0 atom stereocenters. The number of hydrogen-bond donors (Lipinski definition) is 3. The number of fused-ring (bicyclic) bond motifs is 3. The zero-order valence-electron chi connectivity index (χ0n) is 10.8. The van der Waals surface area contributed by atoms with Crippen molar-refractivity contribution in [3.05, 3.63) is 42.6 Å². The number of rotatable bonds is 4. The van der Waals surface area contributed by atoms with Crippen molar-refractivity contribution >= 4 is 28.3 Å². The van der Waals surface area contributed by atoms with Gasteiger partial charge in [-0.15, -0.1) is 0 Å². The largest absolute Gasteiger partial charge is 0.330 e. The second kappa shape index (κ2) is 5.18. The fourth-order valence-corrected chi connectivity index (χ4v) is 2.14. The van der Waals surface area contributed by atoms with Gasteiger partial charge in [0.2, 0.25) is 5.91 Å². The Balaban J connectivity index is 2.00. The van der Waals surface area contributed by atoms with Gasteiger partial charge in [0.25, 0.3) is 0 Å². The lowest BCUT2D eigenvalue weighted by Gasteiger charge is -2.11. The Morgan fingerprint density at radius 1 is 1.20 bits per heavy atom. The highest BCUT2D eigenvalue weighted by Gasteiger charge is 2.08. The Labute approximate surface area is 115 Å². The van der Waals surface area contributed by atoms with Crippen LogP contribution in [-0.2, 0) is 4.79 Å². The second-order valence-electron chi connectivity index (χ2n) is 4.42. The van der Waals surface area contributed by atoms with Crippen LogP contribution in [0.5, 0.6) is 0 Å². The summed E-state index contributed by atoms with van der Waals surface area (Å²) < 4.78 is 2.03. The summed E-state index contributed by atoms with van der Waals surface area (Å²) in [6.07, 6.45) is 2.24. The lowest BCUT2D eigenvalue weighted by molar-refractivity contribution is -0.120. The third-order valence-corrected chi connectivity index (χ3v) is 3.06. The van der Waals surface area contributed by atoms with Crippen molar-refractivity contribution in [3.8, 4) is 0 Å².